The molecule has 1 unspecified atom stereocenters. The van der Waals surface area contributed by atoms with Gasteiger partial charge in [-0.15, -0.1) is 0 Å². The van der Waals surface area contributed by atoms with E-state index in [1.54, 1.807) is 24.3 Å². The first kappa shape index (κ1) is 13.5. The van der Waals surface area contributed by atoms with E-state index in [1.165, 1.54) is 0 Å². The molecule has 0 spiro atoms. The highest BCUT2D eigenvalue weighted by atomic mass is 16.5. The van der Waals surface area contributed by atoms with Gasteiger partial charge in [-0.1, -0.05) is 12.1 Å². The molecule has 1 aliphatic heterocycles. The molecule has 0 aromatic heterocycles. The van der Waals surface area contributed by atoms with Gasteiger partial charge in [-0.3, -0.25) is 9.59 Å². The molecule has 0 saturated carbocycles. The second kappa shape index (κ2) is 6.33. The summed E-state index contributed by atoms with van der Waals surface area (Å²) in [4.78, 5) is 22.6. The van der Waals surface area contributed by atoms with Crippen LogP contribution in [-0.2, 0) is 20.7 Å². The third kappa shape index (κ3) is 4.06. The van der Waals surface area contributed by atoms with E-state index in [9.17, 15) is 9.59 Å². The SMILES string of the molecule is O=C(O)Cc1cccc(NC(=O)C2CCCOC2)c1. The maximum atomic E-state index is 12.0. The molecule has 0 radical (unpaired) electrons. The Hall–Kier alpha value is -1.88. The zero-order chi connectivity index (χ0) is 13.7. The molecule has 1 aromatic carbocycles. The van der Waals surface area contributed by atoms with Gasteiger partial charge in [0.05, 0.1) is 18.9 Å². The fourth-order valence-electron chi connectivity index (χ4n) is 2.13. The Morgan fingerprint density at radius 1 is 1.42 bits per heavy atom. The maximum absolute atomic E-state index is 12.0. The summed E-state index contributed by atoms with van der Waals surface area (Å²) in [6, 6.07) is 6.92. The number of anilines is 1. The van der Waals surface area contributed by atoms with E-state index < -0.39 is 5.97 Å². The van der Waals surface area contributed by atoms with Gasteiger partial charge in [0.2, 0.25) is 5.91 Å². The van der Waals surface area contributed by atoms with E-state index in [0.717, 1.165) is 19.4 Å². The predicted octanol–water partition coefficient (Wildman–Crippen LogP) is 1.68. The lowest BCUT2D eigenvalue weighted by Gasteiger charge is -2.21. The summed E-state index contributed by atoms with van der Waals surface area (Å²) >= 11 is 0. The minimum absolute atomic E-state index is 0.0454. The Bertz CT molecular complexity index is 466. The topological polar surface area (TPSA) is 75.6 Å². The van der Waals surface area contributed by atoms with Gasteiger partial charge in [-0.25, -0.2) is 0 Å². The summed E-state index contributed by atoms with van der Waals surface area (Å²) in [7, 11) is 0. The van der Waals surface area contributed by atoms with Crippen LogP contribution >= 0.6 is 0 Å². The van der Waals surface area contributed by atoms with Crippen molar-refractivity contribution in [3.8, 4) is 0 Å². The van der Waals surface area contributed by atoms with Crippen LogP contribution in [0.25, 0.3) is 0 Å². The third-order valence-corrected chi connectivity index (χ3v) is 3.08. The number of carbonyl (C=O) groups excluding carboxylic acids is 1. The summed E-state index contributed by atoms with van der Waals surface area (Å²) in [5, 5.41) is 11.6. The Labute approximate surface area is 111 Å². The van der Waals surface area contributed by atoms with E-state index in [4.69, 9.17) is 9.84 Å². The van der Waals surface area contributed by atoms with Crippen LogP contribution < -0.4 is 5.32 Å². The van der Waals surface area contributed by atoms with E-state index in [0.29, 0.717) is 17.9 Å². The molecule has 5 heteroatoms. The number of nitrogens with one attached hydrogen (secondary N) is 1. The van der Waals surface area contributed by atoms with Crippen molar-refractivity contribution >= 4 is 17.6 Å². The fourth-order valence-corrected chi connectivity index (χ4v) is 2.13. The van der Waals surface area contributed by atoms with Crippen LogP contribution in [0, 0.1) is 5.92 Å². The lowest BCUT2D eigenvalue weighted by Crippen LogP contribution is -2.30. The molecule has 2 rings (SSSR count). The number of benzene rings is 1. The van der Waals surface area contributed by atoms with Crippen molar-refractivity contribution in [3.05, 3.63) is 29.8 Å². The quantitative estimate of drug-likeness (QED) is 0.866. The van der Waals surface area contributed by atoms with E-state index >= 15 is 0 Å². The zero-order valence-electron chi connectivity index (χ0n) is 10.6. The van der Waals surface area contributed by atoms with Crippen LogP contribution in [0.5, 0.6) is 0 Å². The van der Waals surface area contributed by atoms with Gasteiger partial charge in [0.25, 0.3) is 0 Å². The van der Waals surface area contributed by atoms with Gasteiger partial charge >= 0.3 is 5.97 Å². The summed E-state index contributed by atoms with van der Waals surface area (Å²) in [6.07, 6.45) is 1.69. The molecule has 1 aromatic rings. The van der Waals surface area contributed by atoms with E-state index in [1.807, 2.05) is 0 Å². The second-order valence-corrected chi connectivity index (χ2v) is 4.67. The summed E-state index contributed by atoms with van der Waals surface area (Å²) in [5.41, 5.74) is 1.31. The number of hydrogen-bond acceptors (Lipinski definition) is 3. The Morgan fingerprint density at radius 3 is 2.95 bits per heavy atom. The highest BCUT2D eigenvalue weighted by molar-refractivity contribution is 5.92. The molecule has 102 valence electrons. The van der Waals surface area contributed by atoms with Crippen molar-refractivity contribution in [3.63, 3.8) is 0 Å². The first-order chi connectivity index (χ1) is 9.15. The van der Waals surface area contributed by atoms with Gasteiger partial charge in [-0.2, -0.15) is 0 Å². The number of carboxylic acid groups (broad SMARTS) is 1. The van der Waals surface area contributed by atoms with Gasteiger partial charge in [0, 0.05) is 12.3 Å². The largest absolute Gasteiger partial charge is 0.481 e. The van der Waals surface area contributed by atoms with Gasteiger partial charge < -0.3 is 15.2 Å². The highest BCUT2D eigenvalue weighted by Crippen LogP contribution is 2.17. The molecular weight excluding hydrogens is 246 g/mol. The van der Waals surface area contributed by atoms with Gasteiger partial charge in [0.1, 0.15) is 0 Å². The van der Waals surface area contributed by atoms with Crippen LogP contribution in [0.15, 0.2) is 24.3 Å². The molecular formula is C14H17NO4. The average Bonchev–Trinajstić information content (AvgIpc) is 2.39. The summed E-state index contributed by atoms with van der Waals surface area (Å²) in [6.45, 7) is 1.18. The molecule has 0 aliphatic carbocycles. The second-order valence-electron chi connectivity index (χ2n) is 4.67. The third-order valence-electron chi connectivity index (χ3n) is 3.08. The molecule has 0 bridgehead atoms. The molecule has 19 heavy (non-hydrogen) atoms. The van der Waals surface area contributed by atoms with Crippen molar-refractivity contribution in [1.29, 1.82) is 0 Å². The minimum atomic E-state index is -0.885. The highest BCUT2D eigenvalue weighted by Gasteiger charge is 2.21. The molecule has 1 saturated heterocycles. The number of ether oxygens (including phenoxy) is 1. The maximum Gasteiger partial charge on any atom is 0.307 e. The molecule has 1 fully saturated rings. The molecule has 2 N–H and O–H groups in total. The first-order valence-corrected chi connectivity index (χ1v) is 6.34. The number of aliphatic carboxylic acids is 1. The molecule has 1 atom stereocenters. The standard InChI is InChI=1S/C14H17NO4/c16-13(17)8-10-3-1-5-12(7-10)15-14(18)11-4-2-6-19-9-11/h1,3,5,7,11H,2,4,6,8-9H2,(H,15,18)(H,16,17). The minimum Gasteiger partial charge on any atom is -0.481 e. The monoisotopic (exact) mass is 263 g/mol. The fraction of sp³-hybridized carbons (Fsp3) is 0.429. The number of carboxylic acids is 1. The number of hydrogen-bond donors (Lipinski definition) is 2. The Morgan fingerprint density at radius 2 is 2.26 bits per heavy atom. The first-order valence-electron chi connectivity index (χ1n) is 6.34. The lowest BCUT2D eigenvalue weighted by atomic mass is 10.0. The number of rotatable bonds is 4. The van der Waals surface area contributed by atoms with Crippen LogP contribution in [0.3, 0.4) is 0 Å². The summed E-state index contributed by atoms with van der Waals surface area (Å²) in [5.74, 6) is -1.06. The average molecular weight is 263 g/mol. The van der Waals surface area contributed by atoms with Crippen LogP contribution in [0.4, 0.5) is 5.69 Å². The van der Waals surface area contributed by atoms with Crippen LogP contribution in [0.1, 0.15) is 18.4 Å². The normalized spacial score (nSPS) is 18.8. The van der Waals surface area contributed by atoms with Gasteiger partial charge in [-0.05, 0) is 30.5 Å². The molecule has 1 heterocycles. The van der Waals surface area contributed by atoms with Crippen molar-refractivity contribution < 1.29 is 19.4 Å². The van der Waals surface area contributed by atoms with Crippen molar-refractivity contribution in [2.24, 2.45) is 5.92 Å². The summed E-state index contributed by atoms with van der Waals surface area (Å²) < 4.78 is 5.28. The molecule has 5 nitrogen and oxygen atoms in total. The van der Waals surface area contributed by atoms with Crippen LogP contribution in [-0.4, -0.2) is 30.2 Å². The van der Waals surface area contributed by atoms with Crippen molar-refractivity contribution in [1.82, 2.24) is 0 Å². The Kier molecular flexibility index (Phi) is 4.52. The molecule has 1 amide bonds. The molecule has 1 aliphatic rings. The smallest absolute Gasteiger partial charge is 0.307 e. The van der Waals surface area contributed by atoms with E-state index in [2.05, 4.69) is 5.32 Å². The van der Waals surface area contributed by atoms with Crippen molar-refractivity contribution in [2.45, 2.75) is 19.3 Å². The number of carbonyl (C=O) groups is 2. The Balaban J connectivity index is 1.97. The van der Waals surface area contributed by atoms with Crippen molar-refractivity contribution in [2.75, 3.05) is 18.5 Å². The number of amides is 1. The van der Waals surface area contributed by atoms with Crippen LogP contribution in [0.2, 0.25) is 0 Å². The van der Waals surface area contributed by atoms with E-state index in [-0.39, 0.29) is 18.2 Å². The zero-order valence-corrected chi connectivity index (χ0v) is 10.6. The van der Waals surface area contributed by atoms with Gasteiger partial charge in [0.15, 0.2) is 0 Å². The lowest BCUT2D eigenvalue weighted by molar-refractivity contribution is -0.136. The predicted molar refractivity (Wildman–Crippen MR) is 70.0 cm³/mol.